The van der Waals surface area contributed by atoms with Crippen molar-refractivity contribution < 1.29 is 14.0 Å². The van der Waals surface area contributed by atoms with E-state index in [0.29, 0.717) is 36.3 Å². The Balaban J connectivity index is 1.63. The van der Waals surface area contributed by atoms with Gasteiger partial charge in [-0.25, -0.2) is 0 Å². The average Bonchev–Trinajstić information content (AvgIpc) is 3.39. The molecule has 0 spiro atoms. The summed E-state index contributed by atoms with van der Waals surface area (Å²) in [7, 11) is 5.76. The summed E-state index contributed by atoms with van der Waals surface area (Å²) in [5.74, 6) is 0.810. The fourth-order valence-electron chi connectivity index (χ4n) is 2.90. The molecule has 0 unspecified atom stereocenters. The molecular formula is C18H26N6O3S. The first-order valence-electron chi connectivity index (χ1n) is 9.24. The highest BCUT2D eigenvalue weighted by Gasteiger charge is 2.26. The summed E-state index contributed by atoms with van der Waals surface area (Å²) < 4.78 is 5.40. The van der Waals surface area contributed by atoms with Gasteiger partial charge in [0.25, 0.3) is 0 Å². The molecule has 0 bridgehead atoms. The fourth-order valence-corrected chi connectivity index (χ4v) is 3.75. The standard InChI is InChI=1S/C18H26N6O3S/c1-21(2)9-10-23(12-14-6-5-11-27-14)16(26)13-22(3)17-19-20-18(28-17)24-8-4-7-15(24)25/h5-6,11H,4,7-10,12-13H2,1-3H3. The molecule has 1 fully saturated rings. The maximum atomic E-state index is 12.9. The topological polar surface area (TPSA) is 86.0 Å². The van der Waals surface area contributed by atoms with Gasteiger partial charge in [-0.1, -0.05) is 11.3 Å². The van der Waals surface area contributed by atoms with Gasteiger partial charge in [0, 0.05) is 33.1 Å². The second-order valence-corrected chi connectivity index (χ2v) is 8.00. The summed E-state index contributed by atoms with van der Waals surface area (Å²) in [6, 6.07) is 3.68. The molecule has 2 aromatic heterocycles. The van der Waals surface area contributed by atoms with Crippen LogP contribution in [-0.4, -0.2) is 79.1 Å². The lowest BCUT2D eigenvalue weighted by molar-refractivity contribution is -0.130. The Labute approximate surface area is 168 Å². The van der Waals surface area contributed by atoms with E-state index in [-0.39, 0.29) is 18.4 Å². The van der Waals surface area contributed by atoms with Crippen molar-refractivity contribution in [3.8, 4) is 0 Å². The van der Waals surface area contributed by atoms with Gasteiger partial charge in [-0.15, -0.1) is 10.2 Å². The van der Waals surface area contributed by atoms with E-state index < -0.39 is 0 Å². The Bertz CT molecular complexity index is 791. The SMILES string of the molecule is CN(C)CCN(Cc1ccco1)C(=O)CN(C)c1nnc(N2CCCC2=O)s1. The number of likely N-dealkylation sites (N-methyl/N-ethyl adjacent to an activating group) is 2. The van der Waals surface area contributed by atoms with Gasteiger partial charge in [0.1, 0.15) is 5.76 Å². The zero-order valence-corrected chi connectivity index (χ0v) is 17.3. The van der Waals surface area contributed by atoms with Crippen LogP contribution in [0.2, 0.25) is 0 Å². The molecule has 1 saturated heterocycles. The minimum atomic E-state index is -0.0188. The number of furan rings is 1. The summed E-state index contributed by atoms with van der Waals surface area (Å²) in [4.78, 5) is 32.0. The molecule has 10 heteroatoms. The van der Waals surface area contributed by atoms with Gasteiger partial charge >= 0.3 is 0 Å². The van der Waals surface area contributed by atoms with Gasteiger partial charge in [-0.3, -0.25) is 14.5 Å². The molecule has 1 aliphatic heterocycles. The number of nitrogens with zero attached hydrogens (tertiary/aromatic N) is 6. The monoisotopic (exact) mass is 406 g/mol. The zero-order chi connectivity index (χ0) is 20.1. The molecule has 2 amide bonds. The van der Waals surface area contributed by atoms with E-state index in [2.05, 4.69) is 10.2 Å². The van der Waals surface area contributed by atoms with E-state index in [1.54, 1.807) is 21.0 Å². The van der Waals surface area contributed by atoms with Crippen LogP contribution in [0.15, 0.2) is 22.8 Å². The number of anilines is 2. The Morgan fingerprint density at radius 2 is 2.11 bits per heavy atom. The molecule has 0 N–H and O–H groups in total. The number of hydrogen-bond donors (Lipinski definition) is 0. The normalized spacial score (nSPS) is 14.1. The van der Waals surface area contributed by atoms with Gasteiger partial charge in [0.15, 0.2) is 0 Å². The highest BCUT2D eigenvalue weighted by atomic mass is 32.1. The second kappa shape index (κ2) is 9.16. The van der Waals surface area contributed by atoms with Crippen molar-refractivity contribution in [2.24, 2.45) is 0 Å². The first kappa shape index (κ1) is 20.3. The van der Waals surface area contributed by atoms with Gasteiger partial charge < -0.3 is 19.1 Å². The van der Waals surface area contributed by atoms with Gasteiger partial charge in [0.05, 0.1) is 19.4 Å². The first-order valence-corrected chi connectivity index (χ1v) is 10.1. The van der Waals surface area contributed by atoms with Crippen molar-refractivity contribution in [1.29, 1.82) is 0 Å². The Morgan fingerprint density at radius 1 is 1.29 bits per heavy atom. The number of aromatic nitrogens is 2. The van der Waals surface area contributed by atoms with E-state index in [0.717, 1.165) is 18.7 Å². The minimum absolute atomic E-state index is 0.0188. The molecule has 28 heavy (non-hydrogen) atoms. The number of amides is 2. The minimum Gasteiger partial charge on any atom is -0.467 e. The van der Waals surface area contributed by atoms with E-state index >= 15 is 0 Å². The maximum absolute atomic E-state index is 12.9. The van der Waals surface area contributed by atoms with Crippen LogP contribution >= 0.6 is 11.3 Å². The maximum Gasteiger partial charge on any atom is 0.242 e. The third-order valence-electron chi connectivity index (χ3n) is 4.50. The van der Waals surface area contributed by atoms with Crippen molar-refractivity contribution in [2.45, 2.75) is 19.4 Å². The van der Waals surface area contributed by atoms with Crippen LogP contribution in [0.1, 0.15) is 18.6 Å². The quantitative estimate of drug-likeness (QED) is 0.620. The summed E-state index contributed by atoms with van der Waals surface area (Å²) >= 11 is 1.33. The molecule has 0 aliphatic carbocycles. The predicted molar refractivity (Wildman–Crippen MR) is 107 cm³/mol. The Morgan fingerprint density at radius 3 is 2.75 bits per heavy atom. The van der Waals surface area contributed by atoms with Gasteiger partial charge in [0.2, 0.25) is 22.1 Å². The lowest BCUT2D eigenvalue weighted by Gasteiger charge is -2.25. The Hall–Kier alpha value is -2.46. The molecule has 152 valence electrons. The van der Waals surface area contributed by atoms with Crippen molar-refractivity contribution in [1.82, 2.24) is 20.0 Å². The lowest BCUT2D eigenvalue weighted by atomic mass is 10.3. The first-order chi connectivity index (χ1) is 13.4. The molecule has 9 nitrogen and oxygen atoms in total. The molecular weight excluding hydrogens is 380 g/mol. The van der Waals surface area contributed by atoms with E-state index in [1.165, 1.54) is 11.3 Å². The molecule has 0 radical (unpaired) electrons. The molecule has 1 aliphatic rings. The highest BCUT2D eigenvalue weighted by Crippen LogP contribution is 2.29. The van der Waals surface area contributed by atoms with Crippen LogP contribution in [0.5, 0.6) is 0 Å². The molecule has 0 atom stereocenters. The van der Waals surface area contributed by atoms with Crippen LogP contribution in [0.4, 0.5) is 10.3 Å². The number of carbonyl (C=O) groups excluding carboxylic acids is 2. The third kappa shape index (κ3) is 5.08. The van der Waals surface area contributed by atoms with Crippen molar-refractivity contribution in [2.75, 3.05) is 57.1 Å². The third-order valence-corrected chi connectivity index (χ3v) is 5.56. The van der Waals surface area contributed by atoms with Crippen LogP contribution < -0.4 is 9.80 Å². The lowest BCUT2D eigenvalue weighted by Crippen LogP contribution is -2.41. The van der Waals surface area contributed by atoms with Crippen molar-refractivity contribution >= 4 is 33.4 Å². The van der Waals surface area contributed by atoms with Crippen LogP contribution in [0.3, 0.4) is 0 Å². The fraction of sp³-hybridized carbons (Fsp3) is 0.556. The van der Waals surface area contributed by atoms with Gasteiger partial charge in [-0.05, 0) is 32.6 Å². The molecule has 2 aromatic rings. The smallest absolute Gasteiger partial charge is 0.242 e. The summed E-state index contributed by atoms with van der Waals surface area (Å²) in [6.07, 6.45) is 3.00. The molecule has 3 heterocycles. The molecule has 3 rings (SSSR count). The van der Waals surface area contributed by atoms with Crippen LogP contribution in [-0.2, 0) is 16.1 Å². The molecule has 0 aromatic carbocycles. The van der Waals surface area contributed by atoms with Crippen molar-refractivity contribution in [3.05, 3.63) is 24.2 Å². The summed E-state index contributed by atoms with van der Waals surface area (Å²) in [6.45, 7) is 2.64. The largest absolute Gasteiger partial charge is 0.467 e. The number of carbonyl (C=O) groups is 2. The molecule has 0 saturated carbocycles. The predicted octanol–water partition coefficient (Wildman–Crippen LogP) is 1.28. The van der Waals surface area contributed by atoms with E-state index in [9.17, 15) is 9.59 Å². The van der Waals surface area contributed by atoms with E-state index in [1.807, 2.05) is 38.2 Å². The second-order valence-electron chi connectivity index (χ2n) is 7.07. The van der Waals surface area contributed by atoms with Crippen LogP contribution in [0, 0.1) is 0 Å². The van der Waals surface area contributed by atoms with E-state index in [4.69, 9.17) is 4.42 Å². The zero-order valence-electron chi connectivity index (χ0n) is 16.5. The van der Waals surface area contributed by atoms with Gasteiger partial charge in [-0.2, -0.15) is 0 Å². The van der Waals surface area contributed by atoms with Crippen LogP contribution in [0.25, 0.3) is 0 Å². The summed E-state index contributed by atoms with van der Waals surface area (Å²) in [5.41, 5.74) is 0. The average molecular weight is 407 g/mol. The van der Waals surface area contributed by atoms with Crippen molar-refractivity contribution in [3.63, 3.8) is 0 Å². The summed E-state index contributed by atoms with van der Waals surface area (Å²) in [5, 5.41) is 9.50. The number of hydrogen-bond acceptors (Lipinski definition) is 8. The Kier molecular flexibility index (Phi) is 6.63. The highest BCUT2D eigenvalue weighted by molar-refractivity contribution is 7.19. The number of rotatable bonds is 9.